The number of rotatable bonds is 6. The average molecular weight is 327 g/mol. The monoisotopic (exact) mass is 327 g/mol. The predicted octanol–water partition coefficient (Wildman–Crippen LogP) is 1.87. The highest BCUT2D eigenvalue weighted by molar-refractivity contribution is 7.89. The maximum Gasteiger partial charge on any atom is 0.402 e. The van der Waals surface area contributed by atoms with Gasteiger partial charge in [-0.2, -0.15) is 13.2 Å². The second kappa shape index (κ2) is 6.26. The van der Waals surface area contributed by atoms with E-state index in [1.807, 2.05) is 0 Å². The fourth-order valence-electron chi connectivity index (χ4n) is 1.52. The molecule has 0 heterocycles. The van der Waals surface area contributed by atoms with Gasteiger partial charge in [0.1, 0.15) is 12.2 Å². The third-order valence-electron chi connectivity index (χ3n) is 2.30. The van der Waals surface area contributed by atoms with Crippen LogP contribution in [0.15, 0.2) is 23.1 Å². The normalized spacial score (nSPS) is 12.2. The Morgan fingerprint density at radius 2 is 1.95 bits per heavy atom. The largest absolute Gasteiger partial charge is 0.402 e. The molecule has 0 radical (unpaired) electrons. The topological polar surface area (TPSA) is 101 Å². The molecule has 0 unspecified atom stereocenters. The Balaban J connectivity index is 3.29. The van der Waals surface area contributed by atoms with Crippen molar-refractivity contribution in [2.24, 2.45) is 0 Å². The van der Waals surface area contributed by atoms with Crippen molar-refractivity contribution in [1.82, 2.24) is 4.72 Å². The highest BCUT2D eigenvalue weighted by atomic mass is 32.2. The van der Waals surface area contributed by atoms with Gasteiger partial charge >= 0.3 is 11.9 Å². The van der Waals surface area contributed by atoms with Gasteiger partial charge in [0.15, 0.2) is 4.90 Å². The first-order chi connectivity index (χ1) is 9.58. The predicted molar refractivity (Wildman–Crippen MR) is 68.5 cm³/mol. The summed E-state index contributed by atoms with van der Waals surface area (Å²) in [5.74, 6) is 0. The zero-order valence-corrected chi connectivity index (χ0v) is 11.6. The maximum absolute atomic E-state index is 12.1. The van der Waals surface area contributed by atoms with Crippen molar-refractivity contribution in [2.75, 3.05) is 18.4 Å². The Bertz CT molecular complexity index is 631. The number of nitro benzene ring substituents is 1. The molecule has 0 aromatic heterocycles. The molecular formula is C10H12F3N3O4S. The molecule has 0 amide bonds. The molecule has 0 aliphatic carbocycles. The van der Waals surface area contributed by atoms with E-state index in [9.17, 15) is 31.7 Å². The van der Waals surface area contributed by atoms with Gasteiger partial charge < -0.3 is 5.32 Å². The van der Waals surface area contributed by atoms with E-state index in [0.717, 1.165) is 6.07 Å². The summed E-state index contributed by atoms with van der Waals surface area (Å²) in [7, 11) is -4.66. The number of alkyl halides is 3. The van der Waals surface area contributed by atoms with Crippen LogP contribution < -0.4 is 10.0 Å². The van der Waals surface area contributed by atoms with Gasteiger partial charge in [-0.3, -0.25) is 10.1 Å². The first kappa shape index (κ1) is 17.2. The molecular weight excluding hydrogens is 315 g/mol. The van der Waals surface area contributed by atoms with E-state index in [2.05, 4.69) is 5.32 Å². The molecule has 0 aliphatic heterocycles. The SMILES string of the molecule is CCNc1cccc(S(=O)(=O)NCC(F)(F)F)c1[N+](=O)[O-]. The zero-order chi connectivity index (χ0) is 16.3. The van der Waals surface area contributed by atoms with E-state index in [4.69, 9.17) is 0 Å². The molecule has 1 rings (SSSR count). The van der Waals surface area contributed by atoms with Gasteiger partial charge in [-0.1, -0.05) is 6.07 Å². The van der Waals surface area contributed by atoms with E-state index in [-0.39, 0.29) is 12.2 Å². The minimum Gasteiger partial charge on any atom is -0.380 e. The van der Waals surface area contributed by atoms with Crippen LogP contribution in [0.4, 0.5) is 24.5 Å². The molecule has 0 bridgehead atoms. The van der Waals surface area contributed by atoms with Crippen LogP contribution in [0.5, 0.6) is 0 Å². The number of para-hydroxylation sites is 1. The zero-order valence-electron chi connectivity index (χ0n) is 10.8. The van der Waals surface area contributed by atoms with Crippen molar-refractivity contribution in [3.8, 4) is 0 Å². The Kier molecular flexibility index (Phi) is 5.12. The number of hydrogen-bond acceptors (Lipinski definition) is 5. The van der Waals surface area contributed by atoms with Gasteiger partial charge in [0.2, 0.25) is 10.0 Å². The number of hydrogen-bond donors (Lipinski definition) is 2. The van der Waals surface area contributed by atoms with Crippen LogP contribution in [0.2, 0.25) is 0 Å². The molecule has 1 aromatic carbocycles. The van der Waals surface area contributed by atoms with Crippen molar-refractivity contribution < 1.29 is 26.5 Å². The Morgan fingerprint density at radius 3 is 2.43 bits per heavy atom. The highest BCUT2D eigenvalue weighted by Gasteiger charge is 2.34. The smallest absolute Gasteiger partial charge is 0.380 e. The van der Waals surface area contributed by atoms with Crippen molar-refractivity contribution in [2.45, 2.75) is 18.0 Å². The number of halogens is 3. The van der Waals surface area contributed by atoms with E-state index in [1.54, 1.807) is 6.92 Å². The number of nitrogens with one attached hydrogen (secondary N) is 2. The summed E-state index contributed by atoms with van der Waals surface area (Å²) in [6.07, 6.45) is -4.76. The Morgan fingerprint density at radius 1 is 1.33 bits per heavy atom. The van der Waals surface area contributed by atoms with Crippen molar-refractivity contribution in [3.63, 3.8) is 0 Å². The second-order valence-electron chi connectivity index (χ2n) is 3.88. The van der Waals surface area contributed by atoms with Crippen LogP contribution in [0, 0.1) is 10.1 Å². The van der Waals surface area contributed by atoms with Crippen LogP contribution in [-0.2, 0) is 10.0 Å². The fourth-order valence-corrected chi connectivity index (χ4v) is 2.72. The third kappa shape index (κ3) is 4.56. The van der Waals surface area contributed by atoms with Gasteiger partial charge in [0.05, 0.1) is 4.92 Å². The summed E-state index contributed by atoms with van der Waals surface area (Å²) in [6, 6.07) is 3.34. The van der Waals surface area contributed by atoms with Crippen molar-refractivity contribution in [1.29, 1.82) is 0 Å². The molecule has 0 fully saturated rings. The molecule has 7 nitrogen and oxygen atoms in total. The minimum atomic E-state index is -4.76. The lowest BCUT2D eigenvalue weighted by Gasteiger charge is -2.11. The molecule has 0 atom stereocenters. The molecule has 11 heteroatoms. The lowest BCUT2D eigenvalue weighted by Crippen LogP contribution is -2.34. The molecule has 0 saturated heterocycles. The van der Waals surface area contributed by atoms with Gasteiger partial charge in [-0.15, -0.1) is 0 Å². The van der Waals surface area contributed by atoms with Crippen LogP contribution in [0.3, 0.4) is 0 Å². The van der Waals surface area contributed by atoms with Crippen molar-refractivity contribution in [3.05, 3.63) is 28.3 Å². The number of benzene rings is 1. The van der Waals surface area contributed by atoms with E-state index in [1.165, 1.54) is 16.9 Å². The quantitative estimate of drug-likeness (QED) is 0.613. The molecule has 0 spiro atoms. The summed E-state index contributed by atoms with van der Waals surface area (Å²) in [5, 5.41) is 13.6. The molecule has 0 saturated carbocycles. The maximum atomic E-state index is 12.1. The van der Waals surface area contributed by atoms with Crippen LogP contribution in [-0.4, -0.2) is 32.6 Å². The van der Waals surface area contributed by atoms with E-state index >= 15 is 0 Å². The van der Waals surface area contributed by atoms with Crippen molar-refractivity contribution >= 4 is 21.4 Å². The second-order valence-corrected chi connectivity index (χ2v) is 5.61. The van der Waals surface area contributed by atoms with Crippen LogP contribution in [0.1, 0.15) is 6.92 Å². The lowest BCUT2D eigenvalue weighted by atomic mass is 10.2. The van der Waals surface area contributed by atoms with Gasteiger partial charge in [0.25, 0.3) is 0 Å². The Labute approximate surface area is 118 Å². The first-order valence-electron chi connectivity index (χ1n) is 5.66. The lowest BCUT2D eigenvalue weighted by molar-refractivity contribution is -0.386. The fraction of sp³-hybridized carbons (Fsp3) is 0.400. The summed E-state index contributed by atoms with van der Waals surface area (Å²) in [4.78, 5) is 9.23. The number of sulfonamides is 1. The molecule has 1 aromatic rings. The Hall–Kier alpha value is -1.88. The van der Waals surface area contributed by atoms with Crippen LogP contribution in [0.25, 0.3) is 0 Å². The van der Waals surface area contributed by atoms with Gasteiger partial charge in [-0.25, -0.2) is 13.1 Å². The first-order valence-corrected chi connectivity index (χ1v) is 7.14. The van der Waals surface area contributed by atoms with E-state index in [0.29, 0.717) is 0 Å². The molecule has 2 N–H and O–H groups in total. The highest BCUT2D eigenvalue weighted by Crippen LogP contribution is 2.32. The molecule has 21 heavy (non-hydrogen) atoms. The number of nitrogens with zero attached hydrogens (tertiary/aromatic N) is 1. The summed E-state index contributed by atoms with van der Waals surface area (Å²) < 4.78 is 61.2. The average Bonchev–Trinajstić information content (AvgIpc) is 2.35. The van der Waals surface area contributed by atoms with Crippen LogP contribution >= 0.6 is 0 Å². The van der Waals surface area contributed by atoms with E-state index < -0.39 is 38.3 Å². The standard InChI is InChI=1S/C10H12F3N3O4S/c1-2-14-7-4-3-5-8(9(7)16(17)18)21(19,20)15-6-10(11,12)13/h3-5,14-15H,2,6H2,1H3. The van der Waals surface area contributed by atoms with Gasteiger partial charge in [-0.05, 0) is 19.1 Å². The molecule has 118 valence electrons. The summed E-state index contributed by atoms with van der Waals surface area (Å²) in [6.45, 7) is 0.102. The summed E-state index contributed by atoms with van der Waals surface area (Å²) >= 11 is 0. The third-order valence-corrected chi connectivity index (χ3v) is 3.73. The van der Waals surface area contributed by atoms with Gasteiger partial charge in [0, 0.05) is 6.54 Å². The minimum absolute atomic E-state index is 0.0858. The number of nitro groups is 1. The molecule has 0 aliphatic rings. The number of anilines is 1. The summed E-state index contributed by atoms with van der Waals surface area (Å²) in [5.41, 5.74) is -0.883.